The lowest BCUT2D eigenvalue weighted by molar-refractivity contribution is -0.170. The first-order valence-corrected chi connectivity index (χ1v) is 11.9. The van der Waals surface area contributed by atoms with Crippen molar-refractivity contribution in [3.05, 3.63) is 106 Å². The number of hydrogen-bond donors (Lipinski definition) is 1. The summed E-state index contributed by atoms with van der Waals surface area (Å²) >= 11 is 6.18. The van der Waals surface area contributed by atoms with E-state index in [9.17, 15) is 22.8 Å². The van der Waals surface area contributed by atoms with Gasteiger partial charge in [-0.1, -0.05) is 65.7 Å². The van der Waals surface area contributed by atoms with Gasteiger partial charge in [0, 0.05) is 22.7 Å². The number of carbonyl (C=O) groups excluding carboxylic acids is 2. The van der Waals surface area contributed by atoms with Crippen LogP contribution in [-0.4, -0.2) is 17.9 Å². The molecule has 0 radical (unpaired) electrons. The molecule has 3 aromatic rings. The minimum absolute atomic E-state index is 0.0619. The fourth-order valence-corrected chi connectivity index (χ4v) is 5.21. The highest BCUT2D eigenvalue weighted by molar-refractivity contribution is 6.30. The molecule has 1 amide bonds. The number of alkyl halides is 3. The predicted molar refractivity (Wildman–Crippen MR) is 133 cm³/mol. The van der Waals surface area contributed by atoms with E-state index in [-0.39, 0.29) is 29.4 Å². The molecule has 0 saturated carbocycles. The van der Waals surface area contributed by atoms with Crippen LogP contribution in [0.3, 0.4) is 0 Å². The molecule has 184 valence electrons. The zero-order chi connectivity index (χ0) is 25.6. The number of anilines is 2. The second kappa shape index (κ2) is 9.13. The van der Waals surface area contributed by atoms with Crippen molar-refractivity contribution in [2.45, 2.75) is 37.9 Å². The van der Waals surface area contributed by atoms with Crippen LogP contribution in [0.2, 0.25) is 5.02 Å². The molecular weight excluding hydrogens is 489 g/mol. The Balaban J connectivity index is 1.73. The molecule has 2 atom stereocenters. The number of nitrogens with one attached hydrogen (secondary N) is 1. The lowest BCUT2D eigenvalue weighted by Gasteiger charge is -2.35. The number of amides is 1. The Bertz CT molecular complexity index is 1380. The lowest BCUT2D eigenvalue weighted by Crippen LogP contribution is -2.45. The molecule has 4 nitrogen and oxygen atoms in total. The van der Waals surface area contributed by atoms with Gasteiger partial charge in [-0.15, -0.1) is 0 Å². The van der Waals surface area contributed by atoms with E-state index >= 15 is 0 Å². The standard InChI is InChI=1S/C28H22ClF3N2O2/c1-16-9-11-17(12-10-16)26-25-22(14-19(15-24(25)35)18-5-4-6-20(29)13-18)33-21-7-2-3-8-23(21)34(26)27(36)28(30,31)32/h2-13,19,26,33H,14-15H2,1H3/t19-,26+/m1/s1. The average molecular weight is 511 g/mol. The number of carbonyl (C=O) groups is 2. The van der Waals surface area contributed by atoms with E-state index in [4.69, 9.17) is 11.6 Å². The monoisotopic (exact) mass is 510 g/mol. The molecule has 1 heterocycles. The molecular formula is C28H22ClF3N2O2. The Morgan fingerprint density at radius 3 is 2.39 bits per heavy atom. The average Bonchev–Trinajstić information content (AvgIpc) is 2.98. The van der Waals surface area contributed by atoms with Crippen LogP contribution >= 0.6 is 11.6 Å². The van der Waals surface area contributed by atoms with Crippen molar-refractivity contribution in [1.82, 2.24) is 0 Å². The Kier molecular flexibility index (Phi) is 6.12. The maximum absolute atomic E-state index is 13.9. The summed E-state index contributed by atoms with van der Waals surface area (Å²) in [5.74, 6) is -2.55. The van der Waals surface area contributed by atoms with Crippen molar-refractivity contribution >= 4 is 34.7 Å². The Hall–Kier alpha value is -3.58. The van der Waals surface area contributed by atoms with E-state index in [2.05, 4.69) is 5.32 Å². The molecule has 1 N–H and O–H groups in total. The largest absolute Gasteiger partial charge is 0.471 e. The van der Waals surface area contributed by atoms with Crippen LogP contribution in [0.25, 0.3) is 0 Å². The third-order valence-electron chi connectivity index (χ3n) is 6.66. The van der Waals surface area contributed by atoms with E-state index in [1.165, 1.54) is 6.07 Å². The van der Waals surface area contributed by atoms with Gasteiger partial charge in [-0.05, 0) is 54.7 Å². The lowest BCUT2D eigenvalue weighted by atomic mass is 9.78. The minimum Gasteiger partial charge on any atom is -0.357 e. The molecule has 1 aliphatic carbocycles. The Morgan fingerprint density at radius 2 is 1.69 bits per heavy atom. The molecule has 3 aromatic carbocycles. The summed E-state index contributed by atoms with van der Waals surface area (Å²) < 4.78 is 41.8. The molecule has 0 fully saturated rings. The highest BCUT2D eigenvalue weighted by Gasteiger charge is 2.49. The van der Waals surface area contributed by atoms with E-state index in [1.54, 1.807) is 60.7 Å². The van der Waals surface area contributed by atoms with Crippen LogP contribution in [0.15, 0.2) is 84.1 Å². The van der Waals surface area contributed by atoms with Gasteiger partial charge >= 0.3 is 12.1 Å². The molecule has 0 spiro atoms. The van der Waals surface area contributed by atoms with Gasteiger partial charge in [-0.25, -0.2) is 0 Å². The van der Waals surface area contributed by atoms with Crippen molar-refractivity contribution in [1.29, 1.82) is 0 Å². The van der Waals surface area contributed by atoms with E-state index in [0.29, 0.717) is 33.3 Å². The summed E-state index contributed by atoms with van der Waals surface area (Å²) in [6, 6.07) is 19.2. The van der Waals surface area contributed by atoms with Gasteiger partial charge in [0.1, 0.15) is 0 Å². The number of ketones is 1. The fourth-order valence-electron chi connectivity index (χ4n) is 5.01. The highest BCUT2D eigenvalue weighted by Crippen LogP contribution is 2.48. The number of nitrogens with zero attached hydrogens (tertiary/aromatic N) is 1. The summed E-state index contributed by atoms with van der Waals surface area (Å²) in [7, 11) is 0. The van der Waals surface area contributed by atoms with Gasteiger partial charge in [-0.3, -0.25) is 14.5 Å². The molecule has 0 bridgehead atoms. The van der Waals surface area contributed by atoms with Crippen LogP contribution in [0.4, 0.5) is 24.5 Å². The maximum Gasteiger partial charge on any atom is 0.471 e. The minimum atomic E-state index is -5.14. The van der Waals surface area contributed by atoms with Crippen LogP contribution in [-0.2, 0) is 9.59 Å². The van der Waals surface area contributed by atoms with Crippen molar-refractivity contribution in [2.75, 3.05) is 10.2 Å². The SMILES string of the molecule is Cc1ccc([C@H]2C3=C(C[C@@H](c4cccc(Cl)c4)CC3=O)Nc3ccccc3N2C(=O)C(F)(F)F)cc1. The van der Waals surface area contributed by atoms with Crippen molar-refractivity contribution in [3.8, 4) is 0 Å². The number of rotatable bonds is 2. The van der Waals surface area contributed by atoms with Crippen LogP contribution in [0.1, 0.15) is 41.5 Å². The first kappa shape index (κ1) is 24.1. The Labute approximate surface area is 211 Å². The molecule has 0 unspecified atom stereocenters. The quantitative estimate of drug-likeness (QED) is 0.399. The number of para-hydroxylation sites is 2. The van der Waals surface area contributed by atoms with Gasteiger partial charge in [0.05, 0.1) is 17.4 Å². The number of halogens is 4. The maximum atomic E-state index is 13.9. The molecule has 0 saturated heterocycles. The molecule has 8 heteroatoms. The zero-order valence-electron chi connectivity index (χ0n) is 19.3. The van der Waals surface area contributed by atoms with Gasteiger partial charge < -0.3 is 5.32 Å². The predicted octanol–water partition coefficient (Wildman–Crippen LogP) is 7.11. The highest BCUT2D eigenvalue weighted by atomic mass is 35.5. The van der Waals surface area contributed by atoms with Gasteiger partial charge in [0.25, 0.3) is 0 Å². The van der Waals surface area contributed by atoms with E-state index in [0.717, 1.165) is 11.1 Å². The number of fused-ring (bicyclic) bond motifs is 1. The summed E-state index contributed by atoms with van der Waals surface area (Å²) in [4.78, 5) is 27.3. The number of hydrogen-bond acceptors (Lipinski definition) is 3. The zero-order valence-corrected chi connectivity index (χ0v) is 20.0. The first-order valence-electron chi connectivity index (χ1n) is 11.5. The third-order valence-corrected chi connectivity index (χ3v) is 6.90. The molecule has 2 aliphatic rings. The van der Waals surface area contributed by atoms with Crippen LogP contribution < -0.4 is 10.2 Å². The topological polar surface area (TPSA) is 49.4 Å². The molecule has 1 aliphatic heterocycles. The van der Waals surface area contributed by atoms with Gasteiger partial charge in [0.15, 0.2) is 5.78 Å². The third kappa shape index (κ3) is 4.39. The summed E-state index contributed by atoms with van der Waals surface area (Å²) in [6.45, 7) is 1.86. The number of allylic oxidation sites excluding steroid dienone is 1. The molecule has 5 rings (SSSR count). The molecule has 0 aromatic heterocycles. The summed E-state index contributed by atoms with van der Waals surface area (Å²) in [5.41, 5.74) is 3.28. The number of Topliss-reactive ketones (excluding diaryl/α,β-unsaturated/α-hetero) is 1. The van der Waals surface area contributed by atoms with E-state index in [1.807, 2.05) is 13.0 Å². The summed E-state index contributed by atoms with van der Waals surface area (Å²) in [6.07, 6.45) is -4.66. The number of benzene rings is 3. The van der Waals surface area contributed by atoms with Gasteiger partial charge in [-0.2, -0.15) is 13.2 Å². The van der Waals surface area contributed by atoms with E-state index < -0.39 is 18.1 Å². The fraction of sp³-hybridized carbons (Fsp3) is 0.214. The Morgan fingerprint density at radius 1 is 0.972 bits per heavy atom. The van der Waals surface area contributed by atoms with Crippen molar-refractivity contribution in [3.63, 3.8) is 0 Å². The van der Waals surface area contributed by atoms with Crippen molar-refractivity contribution in [2.24, 2.45) is 0 Å². The van der Waals surface area contributed by atoms with Crippen LogP contribution in [0.5, 0.6) is 0 Å². The van der Waals surface area contributed by atoms with Gasteiger partial charge in [0.2, 0.25) is 0 Å². The smallest absolute Gasteiger partial charge is 0.357 e. The van der Waals surface area contributed by atoms with Crippen LogP contribution in [0, 0.1) is 6.92 Å². The molecule has 36 heavy (non-hydrogen) atoms. The second-order valence-corrected chi connectivity index (χ2v) is 9.54. The van der Waals surface area contributed by atoms with Crippen molar-refractivity contribution < 1.29 is 22.8 Å². The summed E-state index contributed by atoms with van der Waals surface area (Å²) in [5, 5.41) is 3.76. The normalized spacial score (nSPS) is 19.8. The first-order chi connectivity index (χ1) is 17.1. The second-order valence-electron chi connectivity index (χ2n) is 9.10. The number of aryl methyl sites for hydroxylation is 1.